The van der Waals surface area contributed by atoms with E-state index in [1.165, 1.54) is 0 Å². The number of aliphatic imine (C=N–C) groups is 1. The second kappa shape index (κ2) is 9.49. The van der Waals surface area contributed by atoms with Crippen LogP contribution in [0.1, 0.15) is 25.7 Å². The summed E-state index contributed by atoms with van der Waals surface area (Å²) in [5, 5.41) is 3.38. The number of likely N-dealkylation sites (tertiary alicyclic amines) is 1. The summed E-state index contributed by atoms with van der Waals surface area (Å²) >= 11 is 0. The van der Waals surface area contributed by atoms with Gasteiger partial charge in [0.15, 0.2) is 5.96 Å². The average molecular weight is 522 g/mol. The number of guanidine groups is 1. The van der Waals surface area contributed by atoms with Crippen molar-refractivity contribution in [1.29, 1.82) is 0 Å². The van der Waals surface area contributed by atoms with Crippen molar-refractivity contribution in [3.63, 3.8) is 0 Å². The highest BCUT2D eigenvalue weighted by atomic mass is 127. The first-order valence-electron chi connectivity index (χ1n) is 9.17. The van der Waals surface area contributed by atoms with Gasteiger partial charge in [0.05, 0.1) is 6.61 Å². The molecule has 1 N–H and O–H groups in total. The molecular weight excluding hydrogens is 493 g/mol. The largest absolute Gasteiger partial charge is 0.381 e. The van der Waals surface area contributed by atoms with E-state index in [0.717, 1.165) is 49.4 Å². The van der Waals surface area contributed by atoms with Crippen molar-refractivity contribution in [2.45, 2.75) is 31.4 Å². The highest BCUT2D eigenvalue weighted by Gasteiger charge is 2.42. The zero-order valence-corrected chi connectivity index (χ0v) is 18.7. The number of piperidine rings is 1. The number of rotatable bonds is 4. The Morgan fingerprint density at radius 2 is 2.00 bits per heavy atom. The molecule has 1 unspecified atom stereocenters. The third-order valence-corrected chi connectivity index (χ3v) is 7.38. The summed E-state index contributed by atoms with van der Waals surface area (Å²) in [7, 11) is -2.69. The van der Waals surface area contributed by atoms with Gasteiger partial charge in [-0.2, -0.15) is 13.1 Å². The monoisotopic (exact) mass is 522 g/mol. The zero-order chi connectivity index (χ0) is 18.8. The molecule has 0 bridgehead atoms. The average Bonchev–Trinajstić information content (AvgIpc) is 3.26. The van der Waals surface area contributed by atoms with E-state index in [1.807, 2.05) is 0 Å². The van der Waals surface area contributed by atoms with Gasteiger partial charge in [-0.3, -0.25) is 4.99 Å². The van der Waals surface area contributed by atoms with Crippen LogP contribution in [0.3, 0.4) is 0 Å². The van der Waals surface area contributed by atoms with Crippen LogP contribution in [0.5, 0.6) is 0 Å². The molecule has 3 heterocycles. The molecule has 3 rings (SSSR count). The molecule has 11 heteroatoms. The maximum atomic E-state index is 12.6. The van der Waals surface area contributed by atoms with Crippen molar-refractivity contribution in [3.8, 4) is 0 Å². The lowest BCUT2D eigenvalue weighted by Gasteiger charge is -2.32. The topological polar surface area (TPSA) is 74.2 Å². The molecule has 0 saturated carbocycles. The number of halogens is 3. The Morgan fingerprint density at radius 1 is 1.30 bits per heavy atom. The van der Waals surface area contributed by atoms with E-state index in [4.69, 9.17) is 4.74 Å². The lowest BCUT2D eigenvalue weighted by molar-refractivity contribution is 0.156. The summed E-state index contributed by atoms with van der Waals surface area (Å²) in [6, 6.07) is 0. The lowest BCUT2D eigenvalue weighted by atomic mass is 9.87. The third kappa shape index (κ3) is 5.21. The van der Waals surface area contributed by atoms with E-state index in [1.54, 1.807) is 7.05 Å². The van der Waals surface area contributed by atoms with Crippen LogP contribution in [-0.4, -0.2) is 82.3 Å². The van der Waals surface area contributed by atoms with Crippen LogP contribution in [0.25, 0.3) is 0 Å². The van der Waals surface area contributed by atoms with Crippen LogP contribution < -0.4 is 5.32 Å². The number of hydrogen-bond acceptors (Lipinski definition) is 4. The minimum absolute atomic E-state index is 0. The second-order valence-corrected chi connectivity index (χ2v) is 9.45. The molecule has 7 nitrogen and oxygen atoms in total. The van der Waals surface area contributed by atoms with Crippen molar-refractivity contribution in [2.24, 2.45) is 16.3 Å². The van der Waals surface area contributed by atoms with E-state index in [9.17, 15) is 17.2 Å². The van der Waals surface area contributed by atoms with E-state index in [-0.39, 0.29) is 48.4 Å². The molecular formula is C16H29F2IN4O3S. The molecule has 3 aliphatic heterocycles. The van der Waals surface area contributed by atoms with E-state index in [2.05, 4.69) is 15.2 Å². The first kappa shape index (κ1) is 23.0. The molecule has 3 fully saturated rings. The summed E-state index contributed by atoms with van der Waals surface area (Å²) in [5.41, 5.74) is 0.257. The van der Waals surface area contributed by atoms with Gasteiger partial charge < -0.3 is 15.0 Å². The van der Waals surface area contributed by atoms with E-state index in [0.29, 0.717) is 19.4 Å². The quantitative estimate of drug-likeness (QED) is 0.345. The Morgan fingerprint density at radius 3 is 2.56 bits per heavy atom. The minimum Gasteiger partial charge on any atom is -0.381 e. The standard InChI is InChI=1S/C16H28F2N4O3S.HI/c1-19-15(21-8-4-16(11-21)5-9-25-12-16)20-10-13-2-6-22(7-3-13)26(23,24)14(17)18;/h13-14H,2-12H2,1H3,(H,19,20);1H. The summed E-state index contributed by atoms with van der Waals surface area (Å²) in [6.45, 7) is 4.53. The van der Waals surface area contributed by atoms with Gasteiger partial charge in [-0.1, -0.05) is 0 Å². The predicted molar refractivity (Wildman–Crippen MR) is 110 cm³/mol. The highest BCUT2D eigenvalue weighted by molar-refractivity contribution is 14.0. The number of hydrogen-bond donors (Lipinski definition) is 1. The number of ether oxygens (including phenoxy) is 1. The van der Waals surface area contributed by atoms with Crippen LogP contribution in [0.2, 0.25) is 0 Å². The molecule has 0 aromatic rings. The summed E-state index contributed by atoms with van der Waals surface area (Å²) in [4.78, 5) is 6.63. The Kier molecular flexibility index (Phi) is 8.08. The third-order valence-electron chi connectivity index (χ3n) is 5.84. The fourth-order valence-electron chi connectivity index (χ4n) is 4.14. The van der Waals surface area contributed by atoms with Gasteiger partial charge in [-0.05, 0) is 31.6 Å². The fraction of sp³-hybridized carbons (Fsp3) is 0.938. The molecule has 0 aromatic heterocycles. The molecule has 0 aliphatic carbocycles. The molecule has 0 aromatic carbocycles. The minimum atomic E-state index is -4.45. The smallest absolute Gasteiger partial charge is 0.350 e. The van der Waals surface area contributed by atoms with Crippen LogP contribution in [0, 0.1) is 11.3 Å². The van der Waals surface area contributed by atoms with Gasteiger partial charge in [0, 0.05) is 51.8 Å². The van der Waals surface area contributed by atoms with Crippen molar-refractivity contribution in [1.82, 2.24) is 14.5 Å². The van der Waals surface area contributed by atoms with Crippen molar-refractivity contribution < 1.29 is 21.9 Å². The molecule has 1 spiro atoms. The molecule has 0 amide bonds. The number of alkyl halides is 2. The molecule has 0 radical (unpaired) electrons. The van der Waals surface area contributed by atoms with Gasteiger partial charge >= 0.3 is 5.76 Å². The molecule has 158 valence electrons. The predicted octanol–water partition coefficient (Wildman–Crippen LogP) is 1.56. The van der Waals surface area contributed by atoms with Gasteiger partial charge in [0.1, 0.15) is 0 Å². The maximum absolute atomic E-state index is 12.6. The van der Waals surface area contributed by atoms with Crippen molar-refractivity contribution in [2.75, 3.05) is 53.0 Å². The van der Waals surface area contributed by atoms with Gasteiger partial charge in [-0.25, -0.2) is 8.42 Å². The molecule has 3 aliphatic rings. The normalized spacial score (nSPS) is 28.1. The van der Waals surface area contributed by atoms with Gasteiger partial charge in [0.25, 0.3) is 10.0 Å². The van der Waals surface area contributed by atoms with Crippen LogP contribution >= 0.6 is 24.0 Å². The molecule has 27 heavy (non-hydrogen) atoms. The summed E-state index contributed by atoms with van der Waals surface area (Å²) in [5.74, 6) is -2.23. The summed E-state index contributed by atoms with van der Waals surface area (Å²) in [6.07, 6.45) is 3.36. The first-order valence-corrected chi connectivity index (χ1v) is 10.7. The molecule has 3 saturated heterocycles. The SMILES string of the molecule is CN=C(NCC1CCN(S(=O)(=O)C(F)F)CC1)N1CCC2(CCOC2)C1.I. The van der Waals surface area contributed by atoms with Gasteiger partial charge in [0.2, 0.25) is 0 Å². The van der Waals surface area contributed by atoms with E-state index < -0.39 is 15.8 Å². The number of sulfonamides is 1. The lowest BCUT2D eigenvalue weighted by Crippen LogP contribution is -2.46. The van der Waals surface area contributed by atoms with Crippen molar-refractivity contribution >= 4 is 40.0 Å². The fourth-order valence-corrected chi connectivity index (χ4v) is 5.08. The Bertz CT molecular complexity index is 621. The second-order valence-electron chi connectivity index (χ2n) is 7.55. The highest BCUT2D eigenvalue weighted by Crippen LogP contribution is 2.38. The van der Waals surface area contributed by atoms with Crippen molar-refractivity contribution in [3.05, 3.63) is 0 Å². The Hall–Kier alpha value is -0.270. The van der Waals surface area contributed by atoms with Crippen LogP contribution in [-0.2, 0) is 14.8 Å². The number of nitrogens with one attached hydrogen (secondary N) is 1. The van der Waals surface area contributed by atoms with Crippen LogP contribution in [0.4, 0.5) is 8.78 Å². The van der Waals surface area contributed by atoms with Crippen LogP contribution in [0.15, 0.2) is 4.99 Å². The molecule has 1 atom stereocenters. The summed E-state index contributed by atoms with van der Waals surface area (Å²) < 4.78 is 54.8. The maximum Gasteiger partial charge on any atom is 0.350 e. The Labute approximate surface area is 177 Å². The number of nitrogens with zero attached hydrogens (tertiary/aromatic N) is 3. The Balaban J connectivity index is 0.00000261. The van der Waals surface area contributed by atoms with Gasteiger partial charge in [-0.15, -0.1) is 24.0 Å². The zero-order valence-electron chi connectivity index (χ0n) is 15.6. The first-order chi connectivity index (χ1) is 12.4. The van der Waals surface area contributed by atoms with E-state index >= 15 is 0 Å².